The molecule has 1 aromatic heterocycles. The fraction of sp³-hybridized carbons (Fsp3) is 0.200. The maximum atomic E-state index is 10.9. The quantitative estimate of drug-likeness (QED) is 0.351. The Kier molecular flexibility index (Phi) is 6.28. The van der Waals surface area contributed by atoms with Gasteiger partial charge in [-0.05, 0) is 37.3 Å². The van der Waals surface area contributed by atoms with E-state index in [4.69, 9.17) is 9.44 Å². The zero-order valence-corrected chi connectivity index (χ0v) is 15.9. The van der Waals surface area contributed by atoms with Gasteiger partial charge in [0.2, 0.25) is 0 Å². The first-order chi connectivity index (χ1) is 13.1. The van der Waals surface area contributed by atoms with Crippen molar-refractivity contribution < 1.29 is 19.1 Å². The molecule has 0 fully saturated rings. The molecule has 0 aliphatic carbocycles. The number of carboxylic acids is 1. The number of aliphatic carboxylic acids is 1. The standard InChI is InChI=1S/C20H20N2O4S/c1-14-3-5-15(6-4-14)19-13-16(7-12-20(23)24)21-22(19)17-8-10-18(11-9-17)27-26-25-2/h3-6,8-11,13H,7,12H2,1-2H3,(H,23,24). The summed E-state index contributed by atoms with van der Waals surface area (Å²) >= 11 is 1.13. The fourth-order valence-electron chi connectivity index (χ4n) is 2.63. The molecule has 0 atom stereocenters. The van der Waals surface area contributed by atoms with Crippen LogP contribution < -0.4 is 0 Å². The van der Waals surface area contributed by atoms with Gasteiger partial charge in [0.05, 0.1) is 42.6 Å². The molecular formula is C20H20N2O4S. The van der Waals surface area contributed by atoms with Gasteiger partial charge in [-0.1, -0.05) is 29.8 Å². The van der Waals surface area contributed by atoms with Gasteiger partial charge >= 0.3 is 5.97 Å². The van der Waals surface area contributed by atoms with Gasteiger partial charge in [0.15, 0.2) is 0 Å². The number of hydrogen-bond donors (Lipinski definition) is 1. The molecule has 0 radical (unpaired) electrons. The number of aryl methyl sites for hydroxylation is 2. The van der Waals surface area contributed by atoms with E-state index in [2.05, 4.69) is 9.99 Å². The maximum absolute atomic E-state index is 10.9. The smallest absolute Gasteiger partial charge is 0.303 e. The summed E-state index contributed by atoms with van der Waals surface area (Å²) in [7, 11) is 1.46. The first kappa shape index (κ1) is 19.2. The van der Waals surface area contributed by atoms with Crippen LogP contribution in [0.2, 0.25) is 0 Å². The van der Waals surface area contributed by atoms with Crippen molar-refractivity contribution in [2.75, 3.05) is 7.11 Å². The van der Waals surface area contributed by atoms with Crippen LogP contribution in [0.1, 0.15) is 17.7 Å². The summed E-state index contributed by atoms with van der Waals surface area (Å²) in [5.41, 5.74) is 4.75. The van der Waals surface area contributed by atoms with Crippen LogP contribution in [0.25, 0.3) is 16.9 Å². The monoisotopic (exact) mass is 384 g/mol. The molecule has 6 nitrogen and oxygen atoms in total. The first-order valence-corrected chi connectivity index (χ1v) is 9.16. The predicted molar refractivity (Wildman–Crippen MR) is 104 cm³/mol. The lowest BCUT2D eigenvalue weighted by molar-refractivity contribution is -0.160. The van der Waals surface area contributed by atoms with E-state index in [9.17, 15) is 4.79 Å². The topological polar surface area (TPSA) is 73.6 Å². The molecule has 1 N–H and O–H groups in total. The number of nitrogens with zero attached hydrogens (tertiary/aromatic N) is 2. The number of benzene rings is 2. The van der Waals surface area contributed by atoms with Crippen LogP contribution in [0.15, 0.2) is 59.5 Å². The van der Waals surface area contributed by atoms with Crippen LogP contribution in [0.5, 0.6) is 0 Å². The van der Waals surface area contributed by atoms with Crippen LogP contribution >= 0.6 is 12.0 Å². The third-order valence-electron chi connectivity index (χ3n) is 3.98. The molecule has 0 spiro atoms. The summed E-state index contributed by atoms with van der Waals surface area (Å²) in [6, 6.07) is 17.8. The second-order valence-corrected chi connectivity index (χ2v) is 6.78. The zero-order valence-electron chi connectivity index (χ0n) is 15.1. The van der Waals surface area contributed by atoms with Gasteiger partial charge in [0.1, 0.15) is 0 Å². The van der Waals surface area contributed by atoms with Crippen molar-refractivity contribution in [1.82, 2.24) is 9.78 Å². The number of hydrogen-bond acceptors (Lipinski definition) is 5. The van der Waals surface area contributed by atoms with Gasteiger partial charge in [-0.3, -0.25) is 4.79 Å². The molecule has 0 aliphatic heterocycles. The van der Waals surface area contributed by atoms with Crippen molar-refractivity contribution in [2.24, 2.45) is 0 Å². The van der Waals surface area contributed by atoms with Gasteiger partial charge < -0.3 is 5.11 Å². The fourth-order valence-corrected chi connectivity index (χ4v) is 3.02. The van der Waals surface area contributed by atoms with E-state index >= 15 is 0 Å². The number of carbonyl (C=O) groups is 1. The van der Waals surface area contributed by atoms with Gasteiger partial charge in [-0.2, -0.15) is 9.43 Å². The van der Waals surface area contributed by atoms with Crippen molar-refractivity contribution in [3.63, 3.8) is 0 Å². The molecule has 0 aliphatic rings. The molecule has 140 valence electrons. The highest BCUT2D eigenvalue weighted by Crippen LogP contribution is 2.27. The van der Waals surface area contributed by atoms with Crippen molar-refractivity contribution in [3.8, 4) is 16.9 Å². The minimum Gasteiger partial charge on any atom is -0.481 e. The Labute approximate surface area is 161 Å². The second kappa shape index (κ2) is 8.85. The van der Waals surface area contributed by atoms with E-state index in [1.54, 1.807) is 0 Å². The molecule has 0 saturated heterocycles. The average molecular weight is 384 g/mol. The SMILES string of the molecule is COOSc1ccc(-n2nc(CCC(=O)O)cc2-c2ccc(C)cc2)cc1. The molecule has 3 aromatic rings. The van der Waals surface area contributed by atoms with Crippen LogP contribution in [0, 0.1) is 6.92 Å². The Hall–Kier alpha value is -2.61. The number of rotatable bonds is 8. The Morgan fingerprint density at radius 3 is 2.48 bits per heavy atom. The molecule has 3 rings (SSSR count). The summed E-state index contributed by atoms with van der Waals surface area (Å²) in [6.45, 7) is 2.04. The second-order valence-electron chi connectivity index (χ2n) is 6.00. The lowest BCUT2D eigenvalue weighted by Crippen LogP contribution is -2.01. The summed E-state index contributed by atoms with van der Waals surface area (Å²) in [5.74, 6) is -0.832. The minimum absolute atomic E-state index is 0.0499. The first-order valence-electron chi connectivity index (χ1n) is 8.42. The molecule has 7 heteroatoms. The largest absolute Gasteiger partial charge is 0.481 e. The summed E-state index contributed by atoms with van der Waals surface area (Å²) in [5, 5.41) is 13.6. The van der Waals surface area contributed by atoms with E-state index in [-0.39, 0.29) is 6.42 Å². The molecule has 0 amide bonds. The molecule has 0 saturated carbocycles. The lowest BCUT2D eigenvalue weighted by atomic mass is 10.1. The van der Waals surface area contributed by atoms with Crippen LogP contribution in [-0.2, 0) is 20.4 Å². The Morgan fingerprint density at radius 2 is 1.85 bits per heavy atom. The highest BCUT2D eigenvalue weighted by atomic mass is 32.2. The van der Waals surface area contributed by atoms with Gasteiger partial charge in [0.25, 0.3) is 0 Å². The third-order valence-corrected chi connectivity index (χ3v) is 4.65. The Bertz CT molecular complexity index is 905. The molecule has 1 heterocycles. The van der Waals surface area contributed by atoms with E-state index in [1.807, 2.05) is 66.2 Å². The molecule has 0 unspecified atom stereocenters. The summed E-state index contributed by atoms with van der Waals surface area (Å²) < 4.78 is 6.71. The van der Waals surface area contributed by atoms with Gasteiger partial charge in [-0.15, -0.1) is 0 Å². The maximum Gasteiger partial charge on any atom is 0.303 e. The van der Waals surface area contributed by atoms with Crippen molar-refractivity contribution in [3.05, 3.63) is 65.9 Å². The van der Waals surface area contributed by atoms with E-state index in [1.165, 1.54) is 12.7 Å². The van der Waals surface area contributed by atoms with Crippen molar-refractivity contribution in [2.45, 2.75) is 24.7 Å². The van der Waals surface area contributed by atoms with Crippen LogP contribution in [-0.4, -0.2) is 28.0 Å². The van der Waals surface area contributed by atoms with E-state index in [0.717, 1.165) is 39.6 Å². The normalized spacial score (nSPS) is 10.9. The van der Waals surface area contributed by atoms with Crippen LogP contribution in [0.4, 0.5) is 0 Å². The lowest BCUT2D eigenvalue weighted by Gasteiger charge is -2.09. The summed E-state index contributed by atoms with van der Waals surface area (Å²) in [4.78, 5) is 16.4. The molecular weight excluding hydrogens is 364 g/mol. The predicted octanol–water partition coefficient (Wildman–Crippen LogP) is 4.45. The third kappa shape index (κ3) is 4.97. The van der Waals surface area contributed by atoms with Crippen molar-refractivity contribution in [1.29, 1.82) is 0 Å². The molecule has 27 heavy (non-hydrogen) atoms. The van der Waals surface area contributed by atoms with Gasteiger partial charge in [0, 0.05) is 16.9 Å². The highest BCUT2D eigenvalue weighted by Gasteiger charge is 2.13. The number of aromatic nitrogens is 2. The van der Waals surface area contributed by atoms with E-state index in [0.29, 0.717) is 6.42 Å². The Balaban J connectivity index is 1.96. The minimum atomic E-state index is -0.832. The number of carboxylic acid groups (broad SMARTS) is 1. The highest BCUT2D eigenvalue weighted by molar-refractivity contribution is 7.94. The molecule has 2 aromatic carbocycles. The van der Waals surface area contributed by atoms with E-state index < -0.39 is 5.97 Å². The van der Waals surface area contributed by atoms with Crippen molar-refractivity contribution >= 4 is 18.0 Å². The van der Waals surface area contributed by atoms with Crippen LogP contribution in [0.3, 0.4) is 0 Å². The van der Waals surface area contributed by atoms with Gasteiger partial charge in [-0.25, -0.2) is 9.57 Å². The average Bonchev–Trinajstić information content (AvgIpc) is 3.10. The zero-order chi connectivity index (χ0) is 19.2. The summed E-state index contributed by atoms with van der Waals surface area (Å²) in [6.07, 6.45) is 0.436. The molecule has 0 bridgehead atoms. The Morgan fingerprint density at radius 1 is 1.15 bits per heavy atom.